The Labute approximate surface area is 184 Å². The van der Waals surface area contributed by atoms with Crippen molar-refractivity contribution in [3.63, 3.8) is 0 Å². The first-order valence-corrected chi connectivity index (χ1v) is 9.61. The van der Waals surface area contributed by atoms with E-state index in [1.54, 1.807) is 12.3 Å². The minimum atomic E-state index is -0.184. The molecule has 5 nitrogen and oxygen atoms in total. The second-order valence-electron chi connectivity index (χ2n) is 6.36. The molecule has 1 aromatic carbocycles. The van der Waals surface area contributed by atoms with Gasteiger partial charge in [0.05, 0.1) is 0 Å². The van der Waals surface area contributed by atoms with Gasteiger partial charge >= 0.3 is 0 Å². The van der Waals surface area contributed by atoms with Crippen LogP contribution in [0, 0.1) is 12.7 Å². The number of rotatable bonds is 10. The highest BCUT2D eigenvalue weighted by atomic mass is 127. The molecule has 0 unspecified atom stereocenters. The molecule has 0 spiro atoms. The van der Waals surface area contributed by atoms with Gasteiger partial charge in [-0.15, -0.1) is 24.0 Å². The van der Waals surface area contributed by atoms with Crippen molar-refractivity contribution in [1.82, 2.24) is 15.6 Å². The van der Waals surface area contributed by atoms with E-state index in [4.69, 9.17) is 0 Å². The number of aliphatic imine (C=N–C) groups is 1. The van der Waals surface area contributed by atoms with Crippen LogP contribution in [0.15, 0.2) is 47.6 Å². The van der Waals surface area contributed by atoms with Crippen LogP contribution in [-0.2, 0) is 6.42 Å². The van der Waals surface area contributed by atoms with E-state index in [1.165, 1.54) is 6.07 Å². The lowest BCUT2D eigenvalue weighted by atomic mass is 10.1. The third kappa shape index (κ3) is 9.34. The lowest BCUT2D eigenvalue weighted by Crippen LogP contribution is -2.38. The second-order valence-corrected chi connectivity index (χ2v) is 6.36. The highest BCUT2D eigenvalue weighted by molar-refractivity contribution is 14.0. The Morgan fingerprint density at radius 3 is 2.68 bits per heavy atom. The fourth-order valence-electron chi connectivity index (χ4n) is 2.71. The van der Waals surface area contributed by atoms with Crippen molar-refractivity contribution < 1.29 is 4.39 Å². The predicted molar refractivity (Wildman–Crippen MR) is 126 cm³/mol. The van der Waals surface area contributed by atoms with Gasteiger partial charge in [0.25, 0.3) is 0 Å². The summed E-state index contributed by atoms with van der Waals surface area (Å²) in [6.07, 6.45) is 4.67. The lowest BCUT2D eigenvalue weighted by Gasteiger charge is -2.12. The molecule has 3 N–H and O–H groups in total. The van der Waals surface area contributed by atoms with E-state index in [9.17, 15) is 4.39 Å². The number of nitrogens with zero attached hydrogens (tertiary/aromatic N) is 2. The highest BCUT2D eigenvalue weighted by Crippen LogP contribution is 2.10. The van der Waals surface area contributed by atoms with Crippen LogP contribution in [0.2, 0.25) is 0 Å². The van der Waals surface area contributed by atoms with Crippen molar-refractivity contribution in [2.45, 2.75) is 33.1 Å². The first-order chi connectivity index (χ1) is 13.2. The van der Waals surface area contributed by atoms with Crippen LogP contribution < -0.4 is 16.0 Å². The van der Waals surface area contributed by atoms with Gasteiger partial charge in [-0.2, -0.15) is 0 Å². The van der Waals surface area contributed by atoms with Gasteiger partial charge in [0.2, 0.25) is 0 Å². The molecular formula is C21H31FIN5. The Bertz CT molecular complexity index is 709. The van der Waals surface area contributed by atoms with Crippen LogP contribution in [0.3, 0.4) is 0 Å². The Kier molecular flexibility index (Phi) is 12.2. The quantitative estimate of drug-likeness (QED) is 0.199. The van der Waals surface area contributed by atoms with Crippen LogP contribution >= 0.6 is 24.0 Å². The molecule has 0 radical (unpaired) electrons. The molecular weight excluding hydrogens is 468 g/mol. The molecule has 0 amide bonds. The van der Waals surface area contributed by atoms with Crippen molar-refractivity contribution in [1.29, 1.82) is 0 Å². The molecule has 0 bridgehead atoms. The number of halogens is 2. The normalized spacial score (nSPS) is 10.9. The summed E-state index contributed by atoms with van der Waals surface area (Å²) in [5.41, 5.74) is 2.14. The van der Waals surface area contributed by atoms with Crippen molar-refractivity contribution >= 4 is 35.8 Å². The van der Waals surface area contributed by atoms with Crippen molar-refractivity contribution in [3.8, 4) is 0 Å². The minimum absolute atomic E-state index is 0. The van der Waals surface area contributed by atoms with Crippen molar-refractivity contribution in [3.05, 3.63) is 59.5 Å². The minimum Gasteiger partial charge on any atom is -0.370 e. The van der Waals surface area contributed by atoms with Gasteiger partial charge in [-0.25, -0.2) is 9.37 Å². The zero-order chi connectivity index (χ0) is 19.3. The number of hydrogen-bond acceptors (Lipinski definition) is 3. The molecule has 0 aliphatic rings. The monoisotopic (exact) mass is 499 g/mol. The number of guanidine groups is 1. The molecule has 0 aliphatic heterocycles. The van der Waals surface area contributed by atoms with Gasteiger partial charge in [-0.05, 0) is 68.5 Å². The van der Waals surface area contributed by atoms with Crippen LogP contribution in [0.25, 0.3) is 0 Å². The maximum Gasteiger partial charge on any atom is 0.191 e. The summed E-state index contributed by atoms with van der Waals surface area (Å²) in [6, 6.07) is 10.8. The number of aromatic nitrogens is 1. The molecule has 0 fully saturated rings. The average Bonchev–Trinajstić information content (AvgIpc) is 2.67. The number of anilines is 1. The molecule has 0 atom stereocenters. The van der Waals surface area contributed by atoms with E-state index in [-0.39, 0.29) is 29.8 Å². The van der Waals surface area contributed by atoms with Crippen molar-refractivity contribution in [2.24, 2.45) is 4.99 Å². The average molecular weight is 499 g/mol. The molecule has 2 aromatic rings. The first-order valence-electron chi connectivity index (χ1n) is 9.61. The number of benzene rings is 1. The highest BCUT2D eigenvalue weighted by Gasteiger charge is 2.02. The molecule has 0 saturated carbocycles. The summed E-state index contributed by atoms with van der Waals surface area (Å²) in [5, 5.41) is 9.91. The summed E-state index contributed by atoms with van der Waals surface area (Å²) in [4.78, 5) is 8.86. The molecule has 1 heterocycles. The standard InChI is InChI=1S/C21H30FN5.HI/c1-3-23-21(27-15-11-18-9-10-19(22)16-17(18)2)26-14-7-6-13-25-20-8-4-5-12-24-20;/h4-5,8-10,12,16H,3,6-7,11,13-15H2,1-2H3,(H,24,25)(H2,23,26,27);1H. The van der Waals surface area contributed by atoms with Crippen LogP contribution in [0.1, 0.15) is 30.9 Å². The van der Waals surface area contributed by atoms with Gasteiger partial charge in [0.1, 0.15) is 11.6 Å². The van der Waals surface area contributed by atoms with Crippen LogP contribution in [-0.4, -0.2) is 37.1 Å². The van der Waals surface area contributed by atoms with E-state index in [1.807, 2.05) is 31.2 Å². The second kappa shape index (κ2) is 14.1. The summed E-state index contributed by atoms with van der Waals surface area (Å²) >= 11 is 0. The molecule has 28 heavy (non-hydrogen) atoms. The van der Waals surface area contributed by atoms with E-state index in [0.717, 1.165) is 68.3 Å². The van der Waals surface area contributed by atoms with Gasteiger partial charge in [0, 0.05) is 32.4 Å². The number of aryl methyl sites for hydroxylation is 1. The molecule has 0 aliphatic carbocycles. The Morgan fingerprint density at radius 2 is 1.96 bits per heavy atom. The maximum atomic E-state index is 13.2. The Morgan fingerprint density at radius 1 is 1.11 bits per heavy atom. The number of hydrogen-bond donors (Lipinski definition) is 3. The SMILES string of the molecule is CCNC(=NCCCCNc1ccccn1)NCCc1ccc(F)cc1C.I. The van der Waals surface area contributed by atoms with Gasteiger partial charge in [-0.3, -0.25) is 4.99 Å². The van der Waals surface area contributed by atoms with E-state index >= 15 is 0 Å². The molecule has 7 heteroatoms. The fourth-order valence-corrected chi connectivity index (χ4v) is 2.71. The fraction of sp³-hybridized carbons (Fsp3) is 0.429. The van der Waals surface area contributed by atoms with Crippen molar-refractivity contribution in [2.75, 3.05) is 31.5 Å². The topological polar surface area (TPSA) is 61.3 Å². The maximum absolute atomic E-state index is 13.2. The summed E-state index contributed by atoms with van der Waals surface area (Å²) in [5.74, 6) is 1.55. The third-order valence-corrected chi connectivity index (χ3v) is 4.16. The van der Waals surface area contributed by atoms with Crippen LogP contribution in [0.5, 0.6) is 0 Å². The zero-order valence-electron chi connectivity index (χ0n) is 16.7. The van der Waals surface area contributed by atoms with E-state index < -0.39 is 0 Å². The van der Waals surface area contributed by atoms with Gasteiger partial charge < -0.3 is 16.0 Å². The molecule has 2 rings (SSSR count). The summed E-state index contributed by atoms with van der Waals surface area (Å²) in [7, 11) is 0. The smallest absolute Gasteiger partial charge is 0.191 e. The predicted octanol–water partition coefficient (Wildman–Crippen LogP) is 4.14. The molecule has 0 saturated heterocycles. The Balaban J connectivity index is 0.00000392. The summed E-state index contributed by atoms with van der Waals surface area (Å²) < 4.78 is 13.2. The largest absolute Gasteiger partial charge is 0.370 e. The van der Waals surface area contributed by atoms with Gasteiger partial charge in [-0.1, -0.05) is 12.1 Å². The molecule has 1 aromatic heterocycles. The summed E-state index contributed by atoms with van der Waals surface area (Å²) in [6.45, 7) is 7.24. The van der Waals surface area contributed by atoms with E-state index in [2.05, 4.69) is 32.9 Å². The number of nitrogens with one attached hydrogen (secondary N) is 3. The first kappa shape index (κ1) is 24.1. The van der Waals surface area contributed by atoms with Gasteiger partial charge in [0.15, 0.2) is 5.96 Å². The lowest BCUT2D eigenvalue weighted by molar-refractivity contribution is 0.625. The third-order valence-electron chi connectivity index (χ3n) is 4.16. The number of unbranched alkanes of at least 4 members (excludes halogenated alkanes) is 1. The molecule has 154 valence electrons. The zero-order valence-corrected chi connectivity index (χ0v) is 19.0. The van der Waals surface area contributed by atoms with Crippen LogP contribution in [0.4, 0.5) is 10.2 Å². The Hall–Kier alpha value is -1.90. The number of pyridine rings is 1. The van der Waals surface area contributed by atoms with E-state index in [0.29, 0.717) is 0 Å².